The van der Waals surface area contributed by atoms with Crippen molar-refractivity contribution in [2.45, 2.75) is 53.4 Å². The lowest BCUT2D eigenvalue weighted by Gasteiger charge is -2.46. The van der Waals surface area contributed by atoms with Crippen LogP contribution in [0.25, 0.3) is 0 Å². The molecule has 1 saturated carbocycles. The molecule has 0 aliphatic heterocycles. The molecule has 1 heterocycles. The predicted octanol–water partition coefficient (Wildman–Crippen LogP) is 2.69. The number of hydrogen-bond donors (Lipinski definition) is 3. The number of carbonyl (C=O) groups excluding carboxylic acids is 3. The predicted molar refractivity (Wildman–Crippen MR) is 123 cm³/mol. The first-order valence-corrected chi connectivity index (χ1v) is 11.0. The number of rotatable bonds is 9. The van der Waals surface area contributed by atoms with E-state index in [2.05, 4.69) is 48.0 Å². The summed E-state index contributed by atoms with van der Waals surface area (Å²) in [6.07, 6.45) is 3.80. The van der Waals surface area contributed by atoms with Crippen LogP contribution in [-0.4, -0.2) is 47.7 Å². The van der Waals surface area contributed by atoms with E-state index in [-0.39, 0.29) is 53.9 Å². The van der Waals surface area contributed by atoms with Gasteiger partial charge in [0.1, 0.15) is 13.2 Å². The van der Waals surface area contributed by atoms with Gasteiger partial charge in [-0.2, -0.15) is 0 Å². The molecule has 1 fully saturated rings. The summed E-state index contributed by atoms with van der Waals surface area (Å²) < 4.78 is 10.00. The molecule has 1 aliphatic rings. The number of ether oxygens (including phenoxy) is 2. The second-order valence-electron chi connectivity index (χ2n) is 9.77. The van der Waals surface area contributed by atoms with Crippen LogP contribution in [0, 0.1) is 23.7 Å². The largest absolute Gasteiger partial charge is 0.462 e. The molecule has 1 aliphatic carbocycles. The fourth-order valence-electron chi connectivity index (χ4n) is 4.86. The summed E-state index contributed by atoms with van der Waals surface area (Å²) in [5.74, 6) is -0.709. The number of hydrogen-bond acceptors (Lipinski definition) is 7. The number of nitrogens with zero attached hydrogens (tertiary/aromatic N) is 1. The number of urea groups is 1. The van der Waals surface area contributed by atoms with E-state index < -0.39 is 12.0 Å². The van der Waals surface area contributed by atoms with Gasteiger partial charge in [-0.15, -0.1) is 0 Å². The first kappa shape index (κ1) is 26.1. The highest BCUT2D eigenvalue weighted by Crippen LogP contribution is 2.49. The molecule has 0 aromatic carbocycles. The van der Waals surface area contributed by atoms with Crippen molar-refractivity contribution in [2.24, 2.45) is 16.7 Å². The number of anilines is 1. The topological polar surface area (TPSA) is 139 Å². The molecule has 10 nitrogen and oxygen atoms in total. The second-order valence-corrected chi connectivity index (χ2v) is 9.77. The third-order valence-electron chi connectivity index (χ3n) is 5.52. The fraction of sp³-hybridized carbons (Fsp3) is 0.609. The number of nitrogens with one attached hydrogen (secondary N) is 3. The number of aromatic amines is 1. The van der Waals surface area contributed by atoms with Gasteiger partial charge >= 0.3 is 18.0 Å². The average Bonchev–Trinajstić information content (AvgIpc) is 2.67. The molecule has 33 heavy (non-hydrogen) atoms. The van der Waals surface area contributed by atoms with Crippen LogP contribution in [0.5, 0.6) is 0 Å². The van der Waals surface area contributed by atoms with Gasteiger partial charge in [0, 0.05) is 30.8 Å². The van der Waals surface area contributed by atoms with Crippen LogP contribution in [0.2, 0.25) is 0 Å². The number of aryl methyl sites for hydroxylation is 1. The first-order chi connectivity index (χ1) is 15.4. The quantitative estimate of drug-likeness (QED) is 0.291. The third kappa shape index (κ3) is 9.07. The molecular weight excluding hydrogens is 428 g/mol. The molecule has 0 radical (unpaired) electrons. The minimum Gasteiger partial charge on any atom is -0.462 e. The molecule has 2 rings (SSSR count). The van der Waals surface area contributed by atoms with E-state index in [1.165, 1.54) is 6.07 Å². The molecule has 10 heteroatoms. The highest BCUT2D eigenvalue weighted by Gasteiger charge is 2.42. The fourth-order valence-corrected chi connectivity index (χ4v) is 4.86. The average molecular weight is 463 g/mol. The van der Waals surface area contributed by atoms with Gasteiger partial charge in [0.15, 0.2) is 0 Å². The van der Waals surface area contributed by atoms with Gasteiger partial charge < -0.3 is 14.8 Å². The Morgan fingerprint density at radius 1 is 1.24 bits per heavy atom. The lowest BCUT2D eigenvalue weighted by Crippen LogP contribution is -2.45. The molecule has 2 atom stereocenters. The standard InChI is InChI=1S/C23H34N4O6/c1-6-18(29)32-7-8-33-19(30)10-16-11-22(3,4)13-23(5,12-16)14-24-21(31)27-20-25-15(2)9-17(28)26-20/h6,9,16H,1,7-8,10-14H2,2-5H3,(H3,24,25,26,27,28,31). The Kier molecular flexibility index (Phi) is 8.78. The Morgan fingerprint density at radius 3 is 2.61 bits per heavy atom. The molecule has 1 aromatic heterocycles. The summed E-state index contributed by atoms with van der Waals surface area (Å²) in [6, 6.07) is 0.881. The lowest BCUT2D eigenvalue weighted by molar-refractivity contribution is -0.151. The maximum atomic E-state index is 12.4. The van der Waals surface area contributed by atoms with Crippen molar-refractivity contribution in [1.82, 2.24) is 15.3 Å². The molecule has 0 bridgehead atoms. The second kappa shape index (κ2) is 11.1. The molecular formula is C23H34N4O6. The van der Waals surface area contributed by atoms with E-state index in [1.54, 1.807) is 6.92 Å². The monoisotopic (exact) mass is 462 g/mol. The Hall–Kier alpha value is -3.17. The minimum atomic E-state index is -0.558. The van der Waals surface area contributed by atoms with E-state index >= 15 is 0 Å². The van der Waals surface area contributed by atoms with Crippen molar-refractivity contribution in [3.05, 3.63) is 34.8 Å². The van der Waals surface area contributed by atoms with E-state index in [0.29, 0.717) is 12.2 Å². The van der Waals surface area contributed by atoms with E-state index in [4.69, 9.17) is 9.47 Å². The van der Waals surface area contributed by atoms with Crippen molar-refractivity contribution in [3.63, 3.8) is 0 Å². The summed E-state index contributed by atoms with van der Waals surface area (Å²) in [4.78, 5) is 53.8. The minimum absolute atomic E-state index is 0.00259. The number of aromatic nitrogens is 2. The van der Waals surface area contributed by atoms with Gasteiger partial charge in [-0.25, -0.2) is 14.6 Å². The van der Waals surface area contributed by atoms with Crippen LogP contribution in [-0.2, 0) is 19.1 Å². The van der Waals surface area contributed by atoms with Gasteiger partial charge in [0.2, 0.25) is 5.95 Å². The van der Waals surface area contributed by atoms with E-state index in [9.17, 15) is 19.2 Å². The summed E-state index contributed by atoms with van der Waals surface area (Å²) in [6.45, 7) is 11.8. The zero-order chi connectivity index (χ0) is 24.6. The Labute approximate surface area is 193 Å². The number of esters is 2. The van der Waals surface area contributed by atoms with Crippen LogP contribution in [0.4, 0.5) is 10.7 Å². The highest BCUT2D eigenvalue weighted by atomic mass is 16.6. The maximum absolute atomic E-state index is 12.4. The Bertz CT molecular complexity index is 941. The van der Waals surface area contributed by atoms with Gasteiger partial charge in [0.05, 0.1) is 0 Å². The van der Waals surface area contributed by atoms with Crippen molar-refractivity contribution in [3.8, 4) is 0 Å². The SMILES string of the molecule is C=CC(=O)OCCOC(=O)CC1CC(C)(C)CC(C)(CNC(=O)Nc2nc(C)cc(=O)[nH]2)C1. The maximum Gasteiger partial charge on any atom is 0.330 e. The van der Waals surface area contributed by atoms with Crippen molar-refractivity contribution in [2.75, 3.05) is 25.1 Å². The van der Waals surface area contributed by atoms with Crippen LogP contribution in [0.3, 0.4) is 0 Å². The first-order valence-electron chi connectivity index (χ1n) is 11.0. The molecule has 2 unspecified atom stereocenters. The van der Waals surface area contributed by atoms with E-state index in [0.717, 1.165) is 25.3 Å². The Balaban J connectivity index is 1.88. The lowest BCUT2D eigenvalue weighted by atomic mass is 9.60. The highest BCUT2D eigenvalue weighted by molar-refractivity contribution is 5.87. The van der Waals surface area contributed by atoms with Gasteiger partial charge in [-0.05, 0) is 42.9 Å². The molecule has 182 valence electrons. The molecule has 2 amide bonds. The zero-order valence-electron chi connectivity index (χ0n) is 19.8. The van der Waals surface area contributed by atoms with Crippen LogP contribution in [0.1, 0.15) is 52.1 Å². The Morgan fingerprint density at radius 2 is 1.94 bits per heavy atom. The molecule has 3 N–H and O–H groups in total. The smallest absolute Gasteiger partial charge is 0.330 e. The van der Waals surface area contributed by atoms with Crippen molar-refractivity contribution in [1.29, 1.82) is 0 Å². The molecule has 1 aromatic rings. The summed E-state index contributed by atoms with van der Waals surface area (Å²) >= 11 is 0. The molecule has 0 spiro atoms. The zero-order valence-corrected chi connectivity index (χ0v) is 19.8. The number of amides is 2. The number of H-pyrrole nitrogens is 1. The van der Waals surface area contributed by atoms with Crippen molar-refractivity contribution < 1.29 is 23.9 Å². The van der Waals surface area contributed by atoms with Gasteiger partial charge in [-0.1, -0.05) is 27.4 Å². The normalized spacial score (nSPS) is 21.5. The molecule has 0 saturated heterocycles. The van der Waals surface area contributed by atoms with Gasteiger partial charge in [0.25, 0.3) is 5.56 Å². The van der Waals surface area contributed by atoms with Crippen LogP contribution in [0.15, 0.2) is 23.5 Å². The van der Waals surface area contributed by atoms with Crippen LogP contribution < -0.4 is 16.2 Å². The summed E-state index contributed by atoms with van der Waals surface area (Å²) in [7, 11) is 0. The number of carbonyl (C=O) groups is 3. The summed E-state index contributed by atoms with van der Waals surface area (Å²) in [5.41, 5.74) is -0.0772. The third-order valence-corrected chi connectivity index (χ3v) is 5.52. The van der Waals surface area contributed by atoms with Crippen LogP contribution >= 0.6 is 0 Å². The van der Waals surface area contributed by atoms with Gasteiger partial charge in [-0.3, -0.25) is 19.9 Å². The van der Waals surface area contributed by atoms with E-state index in [1.807, 2.05) is 0 Å². The summed E-state index contributed by atoms with van der Waals surface area (Å²) in [5, 5.41) is 5.42. The van der Waals surface area contributed by atoms with Crippen molar-refractivity contribution >= 4 is 23.9 Å².